The van der Waals surface area contributed by atoms with E-state index < -0.39 is 35.2 Å². The number of carbonyl (C=O) groups is 4. The number of Topliss-reactive ketones (excluding diaryl/α,β-unsaturated/α-hetero) is 1. The van der Waals surface area contributed by atoms with Gasteiger partial charge in [-0.25, -0.2) is 0 Å². The van der Waals surface area contributed by atoms with Gasteiger partial charge >= 0.3 is 0 Å². The average molecular weight is 502 g/mol. The van der Waals surface area contributed by atoms with Crippen LogP contribution in [0.5, 0.6) is 0 Å². The van der Waals surface area contributed by atoms with Crippen molar-refractivity contribution in [2.75, 3.05) is 13.1 Å². The number of carbonyl (C=O) groups excluding carboxylic acids is 4. The lowest BCUT2D eigenvalue weighted by molar-refractivity contribution is -0.144. The summed E-state index contributed by atoms with van der Waals surface area (Å²) in [4.78, 5) is 54.7. The van der Waals surface area contributed by atoms with Crippen molar-refractivity contribution in [2.45, 2.75) is 83.8 Å². The van der Waals surface area contributed by atoms with Gasteiger partial charge in [-0.1, -0.05) is 59.1 Å². The molecule has 200 valence electrons. The summed E-state index contributed by atoms with van der Waals surface area (Å²) in [5.41, 5.74) is 5.33. The van der Waals surface area contributed by atoms with Crippen molar-refractivity contribution < 1.29 is 19.2 Å². The summed E-state index contributed by atoms with van der Waals surface area (Å²) in [7, 11) is 0. The Kier molecular flexibility index (Phi) is 8.84. The van der Waals surface area contributed by atoms with Gasteiger partial charge in [0.1, 0.15) is 12.1 Å². The van der Waals surface area contributed by atoms with Crippen LogP contribution in [0.25, 0.3) is 0 Å². The molecule has 1 heterocycles. The molecule has 2 aliphatic carbocycles. The van der Waals surface area contributed by atoms with Gasteiger partial charge in [-0.15, -0.1) is 6.58 Å². The topological polar surface area (TPSA) is 134 Å². The fraction of sp³-hybridized carbons (Fsp3) is 0.704. The van der Waals surface area contributed by atoms with Crippen LogP contribution < -0.4 is 21.7 Å². The Morgan fingerprint density at radius 1 is 1.08 bits per heavy atom. The Bertz CT molecular complexity index is 891. The summed E-state index contributed by atoms with van der Waals surface area (Å²) >= 11 is 0. The van der Waals surface area contributed by atoms with Crippen molar-refractivity contribution in [2.24, 2.45) is 28.9 Å². The van der Waals surface area contributed by atoms with Gasteiger partial charge < -0.3 is 26.6 Å². The molecule has 0 aromatic heterocycles. The molecule has 36 heavy (non-hydrogen) atoms. The molecule has 3 fully saturated rings. The van der Waals surface area contributed by atoms with E-state index in [9.17, 15) is 19.2 Å². The Labute approximate surface area is 214 Å². The van der Waals surface area contributed by atoms with Crippen LogP contribution in [0.1, 0.15) is 65.7 Å². The highest BCUT2D eigenvalue weighted by molar-refractivity contribution is 6.38. The predicted octanol–water partition coefficient (Wildman–Crippen LogP) is 1.59. The zero-order chi connectivity index (χ0) is 26.6. The molecule has 1 saturated heterocycles. The van der Waals surface area contributed by atoms with Gasteiger partial charge in [0, 0.05) is 13.1 Å². The number of nitrogens with two attached hydrogens (primary N) is 1. The van der Waals surface area contributed by atoms with Gasteiger partial charge in [-0.05, 0) is 42.4 Å². The number of nitrogens with zero attached hydrogens (tertiary/aromatic N) is 1. The van der Waals surface area contributed by atoms with Gasteiger partial charge in [0.2, 0.25) is 17.6 Å². The zero-order valence-corrected chi connectivity index (χ0v) is 22.0. The van der Waals surface area contributed by atoms with Crippen LogP contribution in [0, 0.1) is 23.2 Å². The lowest BCUT2D eigenvalue weighted by Gasteiger charge is -2.37. The maximum atomic E-state index is 13.8. The number of hydrogen-bond donors (Lipinski definition) is 4. The SMILES string of the molecule is C=CCNC(=O)C(=O)C(CC1CCC1)NC(=O)[C@@H]1[C@H]2CCC[C@H]2CN1C(=O)[C@@H](NC(=C)N)C(C)(C)C. The van der Waals surface area contributed by atoms with Gasteiger partial charge in [0.15, 0.2) is 0 Å². The lowest BCUT2D eigenvalue weighted by Crippen LogP contribution is -2.59. The molecule has 3 rings (SSSR count). The summed E-state index contributed by atoms with van der Waals surface area (Å²) in [6.07, 6.45) is 7.81. The summed E-state index contributed by atoms with van der Waals surface area (Å²) in [5.74, 6) is -1.16. The second kappa shape index (κ2) is 11.5. The quantitative estimate of drug-likeness (QED) is 0.251. The molecule has 9 heteroatoms. The molecule has 0 aromatic carbocycles. The summed E-state index contributed by atoms with van der Waals surface area (Å²) in [6, 6.07) is -2.25. The van der Waals surface area contributed by atoms with E-state index in [0.717, 1.165) is 38.5 Å². The van der Waals surface area contributed by atoms with E-state index in [-0.39, 0.29) is 36.0 Å². The third-order valence-electron chi connectivity index (χ3n) is 7.94. The van der Waals surface area contributed by atoms with E-state index in [1.165, 1.54) is 6.08 Å². The van der Waals surface area contributed by atoms with E-state index in [1.54, 1.807) is 4.90 Å². The first-order valence-corrected chi connectivity index (χ1v) is 13.2. The Hall–Kier alpha value is -2.84. The van der Waals surface area contributed by atoms with E-state index >= 15 is 0 Å². The van der Waals surface area contributed by atoms with Crippen molar-refractivity contribution in [3.8, 4) is 0 Å². The number of fused-ring (bicyclic) bond motifs is 1. The molecule has 5 N–H and O–H groups in total. The maximum absolute atomic E-state index is 13.8. The Balaban J connectivity index is 1.83. The molecular formula is C27H43N5O4. The minimum Gasteiger partial charge on any atom is -0.386 e. The van der Waals surface area contributed by atoms with Gasteiger partial charge in [-0.2, -0.15) is 0 Å². The number of ketones is 1. The van der Waals surface area contributed by atoms with Crippen LogP contribution in [-0.2, 0) is 19.2 Å². The Morgan fingerprint density at radius 2 is 1.75 bits per heavy atom. The van der Waals surface area contributed by atoms with Crippen LogP contribution in [0.2, 0.25) is 0 Å². The second-order valence-electron chi connectivity index (χ2n) is 11.7. The van der Waals surface area contributed by atoms with Crippen molar-refractivity contribution in [3.05, 3.63) is 25.1 Å². The molecule has 0 radical (unpaired) electrons. The lowest BCUT2D eigenvalue weighted by atomic mass is 9.80. The smallest absolute Gasteiger partial charge is 0.289 e. The molecule has 0 spiro atoms. The first-order chi connectivity index (χ1) is 16.9. The van der Waals surface area contributed by atoms with Gasteiger partial charge in [-0.3, -0.25) is 19.2 Å². The summed E-state index contributed by atoms with van der Waals surface area (Å²) in [6.45, 7) is 13.7. The highest BCUT2D eigenvalue weighted by Gasteiger charge is 2.52. The van der Waals surface area contributed by atoms with Crippen LogP contribution in [-0.4, -0.2) is 59.6 Å². The predicted molar refractivity (Wildman–Crippen MR) is 138 cm³/mol. The number of amides is 3. The standard InChI is InChI=1S/C27H43N5O4/c1-6-13-29-25(35)22(33)20(14-17-9-7-10-17)31-24(34)21-19-12-8-11-18(19)15-32(21)26(36)23(27(3,4)5)30-16(2)28/h6,17-21,23,30H,1-2,7-15,28H2,3-5H3,(H,29,35)(H,31,34)/t18-,19-,20?,21-,23+/m0/s1. The van der Waals surface area contributed by atoms with Crippen LogP contribution in [0.4, 0.5) is 0 Å². The number of nitrogens with one attached hydrogen (secondary N) is 3. The number of rotatable bonds is 11. The maximum Gasteiger partial charge on any atom is 0.289 e. The third-order valence-corrected chi connectivity index (χ3v) is 7.94. The molecular weight excluding hydrogens is 458 g/mol. The third kappa shape index (κ3) is 6.28. The van der Waals surface area contributed by atoms with Crippen molar-refractivity contribution in [1.82, 2.24) is 20.9 Å². The monoisotopic (exact) mass is 501 g/mol. The first-order valence-electron chi connectivity index (χ1n) is 13.2. The van der Waals surface area contributed by atoms with Crippen LogP contribution in [0.3, 0.4) is 0 Å². The Morgan fingerprint density at radius 3 is 2.31 bits per heavy atom. The molecule has 2 saturated carbocycles. The van der Waals surface area contributed by atoms with Crippen LogP contribution in [0.15, 0.2) is 25.1 Å². The molecule has 3 aliphatic rings. The van der Waals surface area contributed by atoms with Crippen molar-refractivity contribution in [1.29, 1.82) is 0 Å². The molecule has 1 unspecified atom stereocenters. The second-order valence-corrected chi connectivity index (χ2v) is 11.7. The summed E-state index contributed by atoms with van der Waals surface area (Å²) < 4.78 is 0. The average Bonchev–Trinajstić information content (AvgIpc) is 3.36. The van der Waals surface area contributed by atoms with Crippen molar-refractivity contribution in [3.63, 3.8) is 0 Å². The molecule has 5 atom stereocenters. The highest BCUT2D eigenvalue weighted by Crippen LogP contribution is 2.43. The largest absolute Gasteiger partial charge is 0.386 e. The summed E-state index contributed by atoms with van der Waals surface area (Å²) in [5, 5.41) is 8.43. The fourth-order valence-electron chi connectivity index (χ4n) is 5.83. The van der Waals surface area contributed by atoms with E-state index in [1.807, 2.05) is 20.8 Å². The normalized spacial score (nSPS) is 25.2. The first kappa shape index (κ1) is 27.7. The molecule has 0 aromatic rings. The fourth-order valence-corrected chi connectivity index (χ4v) is 5.83. The molecule has 3 amide bonds. The van der Waals surface area contributed by atoms with Crippen LogP contribution >= 0.6 is 0 Å². The molecule has 9 nitrogen and oxygen atoms in total. The van der Waals surface area contributed by atoms with E-state index in [4.69, 9.17) is 5.73 Å². The number of hydrogen-bond acceptors (Lipinski definition) is 6. The highest BCUT2D eigenvalue weighted by atomic mass is 16.2. The van der Waals surface area contributed by atoms with Gasteiger partial charge in [0.05, 0.1) is 11.9 Å². The van der Waals surface area contributed by atoms with Crippen molar-refractivity contribution >= 4 is 23.5 Å². The minimum atomic E-state index is -0.912. The zero-order valence-electron chi connectivity index (χ0n) is 22.0. The van der Waals surface area contributed by atoms with Gasteiger partial charge in [0.25, 0.3) is 5.91 Å². The minimum absolute atomic E-state index is 0.0321. The van der Waals surface area contributed by atoms with E-state index in [2.05, 4.69) is 29.1 Å². The molecule has 1 aliphatic heterocycles. The molecule has 0 bridgehead atoms. The van der Waals surface area contributed by atoms with E-state index in [0.29, 0.717) is 18.9 Å². The number of likely N-dealkylation sites (tertiary alicyclic amines) is 1.